The summed E-state index contributed by atoms with van der Waals surface area (Å²) in [6.07, 6.45) is 3.44. The molecule has 2 heterocycles. The highest BCUT2D eigenvalue weighted by Gasteiger charge is 2.41. The Morgan fingerprint density at radius 3 is 2.37 bits per heavy atom. The molecule has 1 aromatic heterocycles. The van der Waals surface area contributed by atoms with E-state index in [0.717, 1.165) is 30.6 Å². The van der Waals surface area contributed by atoms with Crippen LogP contribution in [0.15, 0.2) is 28.8 Å². The molecule has 1 fully saturated rings. The highest BCUT2D eigenvalue weighted by molar-refractivity contribution is 6.21. The summed E-state index contributed by atoms with van der Waals surface area (Å²) < 4.78 is 5.08. The maximum atomic E-state index is 12.6. The Kier molecular flexibility index (Phi) is 4.25. The maximum absolute atomic E-state index is 12.6. The molecule has 8 nitrogen and oxygen atoms in total. The first-order valence-corrected chi connectivity index (χ1v) is 9.07. The Hall–Kier alpha value is -3.03. The molecule has 4 rings (SSSR count). The molecule has 0 radical (unpaired) electrons. The number of nitrogens with zero attached hydrogens (tertiary/aromatic N) is 3. The summed E-state index contributed by atoms with van der Waals surface area (Å²) in [5.41, 5.74) is 0.145. The van der Waals surface area contributed by atoms with Gasteiger partial charge >= 0.3 is 0 Å². The molecular weight excluding hydrogens is 348 g/mol. The number of hydrogen-bond acceptors (Lipinski definition) is 6. The van der Waals surface area contributed by atoms with Crippen molar-refractivity contribution in [2.75, 3.05) is 6.54 Å². The van der Waals surface area contributed by atoms with E-state index < -0.39 is 5.54 Å². The van der Waals surface area contributed by atoms with Gasteiger partial charge in [-0.2, -0.15) is 4.98 Å². The second kappa shape index (κ2) is 6.61. The van der Waals surface area contributed by atoms with Gasteiger partial charge in [-0.15, -0.1) is 0 Å². The molecule has 8 heteroatoms. The first-order valence-electron chi connectivity index (χ1n) is 9.07. The second-order valence-electron chi connectivity index (χ2n) is 7.03. The largest absolute Gasteiger partial charge is 0.343 e. The van der Waals surface area contributed by atoms with E-state index in [1.54, 1.807) is 31.2 Å². The van der Waals surface area contributed by atoms with Crippen molar-refractivity contribution in [3.8, 4) is 0 Å². The first kappa shape index (κ1) is 17.4. The van der Waals surface area contributed by atoms with E-state index in [9.17, 15) is 14.4 Å². The maximum Gasteiger partial charge on any atom is 0.261 e. The molecule has 0 spiro atoms. The summed E-state index contributed by atoms with van der Waals surface area (Å²) in [6, 6.07) is 6.69. The summed E-state index contributed by atoms with van der Waals surface area (Å²) >= 11 is 0. The normalized spacial score (nSPS) is 18.0. The van der Waals surface area contributed by atoms with E-state index in [2.05, 4.69) is 15.5 Å². The molecule has 140 valence electrons. The van der Waals surface area contributed by atoms with Gasteiger partial charge in [0.2, 0.25) is 11.8 Å². The van der Waals surface area contributed by atoms with Gasteiger partial charge in [0.05, 0.1) is 11.1 Å². The summed E-state index contributed by atoms with van der Waals surface area (Å²) in [5.74, 6) is -0.000386. The van der Waals surface area contributed by atoms with E-state index in [1.165, 1.54) is 0 Å². The molecule has 27 heavy (non-hydrogen) atoms. The van der Waals surface area contributed by atoms with Gasteiger partial charge in [0.25, 0.3) is 11.8 Å². The van der Waals surface area contributed by atoms with Crippen LogP contribution in [0.4, 0.5) is 0 Å². The van der Waals surface area contributed by atoms with Crippen molar-refractivity contribution in [2.45, 2.75) is 44.6 Å². The predicted octanol–water partition coefficient (Wildman–Crippen LogP) is 1.95. The van der Waals surface area contributed by atoms with Crippen molar-refractivity contribution in [1.82, 2.24) is 20.4 Å². The number of aryl methyl sites for hydroxylation is 1. The molecule has 1 aliphatic heterocycles. The van der Waals surface area contributed by atoms with E-state index in [1.807, 2.05) is 0 Å². The quantitative estimate of drug-likeness (QED) is 0.809. The summed E-state index contributed by atoms with van der Waals surface area (Å²) in [6.45, 7) is 1.75. The number of hydrogen-bond donors (Lipinski definition) is 1. The Labute approximate surface area is 155 Å². The fraction of sp³-hybridized carbons (Fsp3) is 0.421. The Morgan fingerprint density at radius 2 is 1.81 bits per heavy atom. The van der Waals surface area contributed by atoms with Gasteiger partial charge in [0.15, 0.2) is 5.82 Å². The lowest BCUT2D eigenvalue weighted by atomic mass is 9.96. The van der Waals surface area contributed by atoms with Gasteiger partial charge in [-0.05, 0) is 25.0 Å². The fourth-order valence-electron chi connectivity index (χ4n) is 3.86. The van der Waals surface area contributed by atoms with Crippen LogP contribution in [0.25, 0.3) is 0 Å². The number of amides is 3. The van der Waals surface area contributed by atoms with E-state index in [-0.39, 0.29) is 30.7 Å². The van der Waals surface area contributed by atoms with Crippen LogP contribution in [-0.4, -0.2) is 39.3 Å². The molecule has 2 aromatic rings. The van der Waals surface area contributed by atoms with Crippen LogP contribution in [0.1, 0.15) is 64.5 Å². The Bertz CT molecular complexity index is 879. The summed E-state index contributed by atoms with van der Waals surface area (Å²) in [7, 11) is 0. The van der Waals surface area contributed by atoms with Gasteiger partial charge in [0.1, 0.15) is 5.54 Å². The van der Waals surface area contributed by atoms with Crippen LogP contribution in [0.5, 0.6) is 0 Å². The zero-order valence-electron chi connectivity index (χ0n) is 15.0. The molecule has 3 amide bonds. The van der Waals surface area contributed by atoms with Crippen LogP contribution >= 0.6 is 0 Å². The number of carbonyl (C=O) groups is 3. The molecule has 1 aromatic carbocycles. The SMILES string of the molecule is Cc1nc(C2(NC(=O)CCN3C(=O)c4ccccc4C3=O)CCCC2)no1. The minimum Gasteiger partial charge on any atom is -0.343 e. The van der Waals surface area contributed by atoms with Crippen molar-refractivity contribution in [3.63, 3.8) is 0 Å². The minimum atomic E-state index is -0.628. The van der Waals surface area contributed by atoms with E-state index >= 15 is 0 Å². The number of nitrogens with one attached hydrogen (secondary N) is 1. The first-order chi connectivity index (χ1) is 13.0. The molecule has 1 N–H and O–H groups in total. The molecule has 0 unspecified atom stereocenters. The van der Waals surface area contributed by atoms with E-state index in [4.69, 9.17) is 4.52 Å². The smallest absolute Gasteiger partial charge is 0.261 e. The van der Waals surface area contributed by atoms with Crippen LogP contribution in [0.2, 0.25) is 0 Å². The average Bonchev–Trinajstić information content (AvgIpc) is 3.36. The molecule has 0 saturated heterocycles. The molecule has 0 bridgehead atoms. The standard InChI is InChI=1S/C19H20N4O4/c1-12-20-18(22-27-12)19(9-4-5-10-19)21-15(24)8-11-23-16(25)13-6-2-3-7-14(13)17(23)26/h2-3,6-7H,4-5,8-11H2,1H3,(H,21,24). The molecular formula is C19H20N4O4. The monoisotopic (exact) mass is 368 g/mol. The number of fused-ring (bicyclic) bond motifs is 1. The predicted molar refractivity (Wildman–Crippen MR) is 93.7 cm³/mol. The third-order valence-corrected chi connectivity index (χ3v) is 5.23. The highest BCUT2D eigenvalue weighted by Crippen LogP contribution is 2.37. The third kappa shape index (κ3) is 3.01. The van der Waals surface area contributed by atoms with Crippen LogP contribution in [0, 0.1) is 6.92 Å². The molecule has 1 aliphatic carbocycles. The van der Waals surface area contributed by atoms with Crippen LogP contribution in [0.3, 0.4) is 0 Å². The lowest BCUT2D eigenvalue weighted by molar-refractivity contribution is -0.123. The Balaban J connectivity index is 1.43. The lowest BCUT2D eigenvalue weighted by Crippen LogP contribution is -2.46. The van der Waals surface area contributed by atoms with Crippen LogP contribution < -0.4 is 5.32 Å². The van der Waals surface area contributed by atoms with Gasteiger partial charge in [0, 0.05) is 19.9 Å². The number of rotatable bonds is 5. The zero-order valence-corrected chi connectivity index (χ0v) is 15.0. The minimum absolute atomic E-state index is 0.0318. The van der Waals surface area contributed by atoms with Crippen molar-refractivity contribution >= 4 is 17.7 Å². The molecule has 1 saturated carbocycles. The summed E-state index contributed by atoms with van der Waals surface area (Å²) in [5, 5.41) is 7.02. The van der Waals surface area contributed by atoms with Gasteiger partial charge in [-0.1, -0.05) is 30.1 Å². The van der Waals surface area contributed by atoms with Gasteiger partial charge in [-0.3, -0.25) is 19.3 Å². The number of imide groups is 1. The van der Waals surface area contributed by atoms with E-state index in [0.29, 0.717) is 22.8 Å². The Morgan fingerprint density at radius 1 is 1.19 bits per heavy atom. The average molecular weight is 368 g/mol. The highest BCUT2D eigenvalue weighted by atomic mass is 16.5. The number of carbonyl (C=O) groups excluding carboxylic acids is 3. The lowest BCUT2D eigenvalue weighted by Gasteiger charge is -2.27. The second-order valence-corrected chi connectivity index (χ2v) is 7.03. The number of aromatic nitrogens is 2. The summed E-state index contributed by atoms with van der Waals surface area (Å²) in [4.78, 5) is 42.8. The van der Waals surface area contributed by atoms with Gasteiger partial charge < -0.3 is 9.84 Å². The zero-order chi connectivity index (χ0) is 19.0. The van der Waals surface area contributed by atoms with Gasteiger partial charge in [-0.25, -0.2) is 0 Å². The number of benzene rings is 1. The van der Waals surface area contributed by atoms with Crippen molar-refractivity contribution < 1.29 is 18.9 Å². The van der Waals surface area contributed by atoms with Crippen molar-refractivity contribution in [1.29, 1.82) is 0 Å². The van der Waals surface area contributed by atoms with Crippen molar-refractivity contribution in [3.05, 3.63) is 47.1 Å². The third-order valence-electron chi connectivity index (χ3n) is 5.23. The fourth-order valence-corrected chi connectivity index (χ4v) is 3.86. The van der Waals surface area contributed by atoms with Crippen LogP contribution in [-0.2, 0) is 10.3 Å². The molecule has 0 atom stereocenters. The topological polar surface area (TPSA) is 105 Å². The molecule has 2 aliphatic rings. The van der Waals surface area contributed by atoms with Crippen molar-refractivity contribution in [2.24, 2.45) is 0 Å².